The highest BCUT2D eigenvalue weighted by Crippen LogP contribution is 2.08. The molecule has 2 amide bonds. The summed E-state index contributed by atoms with van der Waals surface area (Å²) in [5, 5.41) is 2.71. The first kappa shape index (κ1) is 15.7. The summed E-state index contributed by atoms with van der Waals surface area (Å²) in [7, 11) is 0. The van der Waals surface area contributed by atoms with E-state index in [-0.39, 0.29) is 17.7 Å². The topological polar surface area (TPSA) is 49.4 Å². The van der Waals surface area contributed by atoms with Crippen molar-refractivity contribution in [2.45, 2.75) is 40.7 Å². The molecule has 1 atom stereocenters. The van der Waals surface area contributed by atoms with Crippen molar-refractivity contribution in [2.75, 3.05) is 13.1 Å². The molecule has 0 saturated carbocycles. The van der Waals surface area contributed by atoms with Crippen LogP contribution in [0, 0.1) is 5.92 Å². The van der Waals surface area contributed by atoms with E-state index in [1.807, 2.05) is 27.7 Å². The number of likely N-dealkylation sites (N-methyl/N-ethyl adjacent to an activating group) is 1. The maximum atomic E-state index is 12.3. The Morgan fingerprint density at radius 1 is 1.29 bits per heavy atom. The third-order valence-corrected chi connectivity index (χ3v) is 2.45. The first-order chi connectivity index (χ1) is 7.79. The lowest BCUT2D eigenvalue weighted by atomic mass is 10.0. The summed E-state index contributed by atoms with van der Waals surface area (Å²) in [4.78, 5) is 25.1. The molecule has 4 nitrogen and oxygen atoms in total. The molecule has 0 aromatic rings. The second-order valence-electron chi connectivity index (χ2n) is 4.73. The van der Waals surface area contributed by atoms with Gasteiger partial charge in [0.2, 0.25) is 11.8 Å². The fraction of sp³-hybridized carbons (Fsp3) is 0.692. The first-order valence-corrected chi connectivity index (χ1v) is 5.99. The zero-order valence-corrected chi connectivity index (χ0v) is 11.5. The van der Waals surface area contributed by atoms with Gasteiger partial charge in [-0.3, -0.25) is 9.59 Å². The lowest BCUT2D eigenvalue weighted by Gasteiger charge is -2.28. The number of rotatable bonds is 6. The number of carbonyl (C=O) groups excluding carboxylic acids is 2. The highest BCUT2D eigenvalue weighted by atomic mass is 16.2. The molecule has 0 radical (unpaired) electrons. The van der Waals surface area contributed by atoms with Crippen LogP contribution in [-0.4, -0.2) is 35.8 Å². The molecule has 0 fully saturated rings. The summed E-state index contributed by atoms with van der Waals surface area (Å²) >= 11 is 0. The molecular formula is C13H24N2O2. The number of hydrogen-bond acceptors (Lipinski definition) is 2. The summed E-state index contributed by atoms with van der Waals surface area (Å²) in [6.07, 6.45) is 0. The maximum absolute atomic E-state index is 12.3. The van der Waals surface area contributed by atoms with Crippen molar-refractivity contribution in [3.63, 3.8) is 0 Å². The van der Waals surface area contributed by atoms with Crippen LogP contribution in [0.15, 0.2) is 12.2 Å². The number of nitrogens with zero attached hydrogens (tertiary/aromatic N) is 1. The van der Waals surface area contributed by atoms with Gasteiger partial charge < -0.3 is 10.2 Å². The minimum Gasteiger partial charge on any atom is -0.344 e. The van der Waals surface area contributed by atoms with Crippen LogP contribution in [0.2, 0.25) is 0 Å². The lowest BCUT2D eigenvalue weighted by molar-refractivity contribution is -0.136. The Bertz CT molecular complexity index is 298. The standard InChI is InChI=1S/C13H24N2O2/c1-7-15(8-9(2)3)13(17)12(10(4)5)14-11(6)16/h10,12H,2,7-8H2,1,3-6H3,(H,14,16). The summed E-state index contributed by atoms with van der Waals surface area (Å²) in [5.41, 5.74) is 0.936. The van der Waals surface area contributed by atoms with Gasteiger partial charge in [0, 0.05) is 20.0 Å². The fourth-order valence-electron chi connectivity index (χ4n) is 1.60. The third-order valence-electron chi connectivity index (χ3n) is 2.45. The van der Waals surface area contributed by atoms with Crippen LogP contribution in [-0.2, 0) is 9.59 Å². The van der Waals surface area contributed by atoms with E-state index in [2.05, 4.69) is 11.9 Å². The van der Waals surface area contributed by atoms with Crippen LogP contribution in [0.1, 0.15) is 34.6 Å². The van der Waals surface area contributed by atoms with Crippen LogP contribution in [0.4, 0.5) is 0 Å². The summed E-state index contributed by atoms with van der Waals surface area (Å²) in [5.74, 6) is -0.144. The SMILES string of the molecule is C=C(C)CN(CC)C(=O)C(NC(C)=O)C(C)C. The van der Waals surface area contributed by atoms with E-state index in [1.54, 1.807) is 4.90 Å². The van der Waals surface area contributed by atoms with Gasteiger partial charge in [0.15, 0.2) is 0 Å². The number of nitrogens with one attached hydrogen (secondary N) is 1. The molecular weight excluding hydrogens is 216 g/mol. The molecule has 0 aliphatic carbocycles. The Hall–Kier alpha value is -1.32. The average Bonchev–Trinajstić information content (AvgIpc) is 2.20. The minimum atomic E-state index is -0.452. The zero-order chi connectivity index (χ0) is 13.6. The molecule has 0 aliphatic rings. The Kier molecular flexibility index (Phi) is 6.54. The normalized spacial score (nSPS) is 12.1. The number of hydrogen-bond donors (Lipinski definition) is 1. The van der Waals surface area contributed by atoms with Gasteiger partial charge in [0.05, 0.1) is 0 Å². The fourth-order valence-corrected chi connectivity index (χ4v) is 1.60. The van der Waals surface area contributed by atoms with E-state index in [0.717, 1.165) is 5.57 Å². The Balaban J connectivity index is 4.78. The van der Waals surface area contributed by atoms with Gasteiger partial charge in [-0.05, 0) is 19.8 Å². The van der Waals surface area contributed by atoms with Crippen LogP contribution in [0.3, 0.4) is 0 Å². The van der Waals surface area contributed by atoms with Crippen LogP contribution >= 0.6 is 0 Å². The molecule has 0 spiro atoms. The van der Waals surface area contributed by atoms with Crippen LogP contribution < -0.4 is 5.32 Å². The van der Waals surface area contributed by atoms with E-state index in [1.165, 1.54) is 6.92 Å². The first-order valence-electron chi connectivity index (χ1n) is 5.99. The Labute approximate surface area is 104 Å². The van der Waals surface area contributed by atoms with Crippen LogP contribution in [0.5, 0.6) is 0 Å². The van der Waals surface area contributed by atoms with E-state index >= 15 is 0 Å². The smallest absolute Gasteiger partial charge is 0.245 e. The van der Waals surface area contributed by atoms with Crippen molar-refractivity contribution >= 4 is 11.8 Å². The Morgan fingerprint density at radius 3 is 2.12 bits per heavy atom. The minimum absolute atomic E-state index is 0.0410. The molecule has 0 aromatic carbocycles. The second-order valence-corrected chi connectivity index (χ2v) is 4.73. The predicted octanol–water partition coefficient (Wildman–Crippen LogP) is 1.57. The van der Waals surface area contributed by atoms with Crippen molar-refractivity contribution in [1.82, 2.24) is 10.2 Å². The van der Waals surface area contributed by atoms with Crippen molar-refractivity contribution in [3.8, 4) is 0 Å². The number of carbonyl (C=O) groups is 2. The molecule has 17 heavy (non-hydrogen) atoms. The molecule has 98 valence electrons. The molecule has 0 rings (SSSR count). The van der Waals surface area contributed by atoms with Crippen molar-refractivity contribution in [3.05, 3.63) is 12.2 Å². The van der Waals surface area contributed by atoms with Crippen molar-refractivity contribution in [1.29, 1.82) is 0 Å². The highest BCUT2D eigenvalue weighted by Gasteiger charge is 2.26. The molecule has 0 bridgehead atoms. The second kappa shape index (κ2) is 7.09. The summed E-state index contributed by atoms with van der Waals surface area (Å²) in [6, 6.07) is -0.452. The van der Waals surface area contributed by atoms with Gasteiger partial charge in [-0.2, -0.15) is 0 Å². The molecule has 4 heteroatoms. The monoisotopic (exact) mass is 240 g/mol. The van der Waals surface area contributed by atoms with Gasteiger partial charge in [-0.15, -0.1) is 0 Å². The zero-order valence-electron chi connectivity index (χ0n) is 11.5. The van der Waals surface area contributed by atoms with Gasteiger partial charge >= 0.3 is 0 Å². The van der Waals surface area contributed by atoms with E-state index in [9.17, 15) is 9.59 Å². The highest BCUT2D eigenvalue weighted by molar-refractivity contribution is 5.87. The molecule has 0 aliphatic heterocycles. The summed E-state index contributed by atoms with van der Waals surface area (Å²) < 4.78 is 0. The molecule has 1 N–H and O–H groups in total. The van der Waals surface area contributed by atoms with E-state index < -0.39 is 6.04 Å². The lowest BCUT2D eigenvalue weighted by Crippen LogP contribution is -2.51. The van der Waals surface area contributed by atoms with Crippen LogP contribution in [0.25, 0.3) is 0 Å². The third kappa shape index (κ3) is 5.52. The van der Waals surface area contributed by atoms with Gasteiger partial charge in [0.25, 0.3) is 0 Å². The maximum Gasteiger partial charge on any atom is 0.245 e. The van der Waals surface area contributed by atoms with Gasteiger partial charge in [-0.1, -0.05) is 26.0 Å². The largest absolute Gasteiger partial charge is 0.344 e. The van der Waals surface area contributed by atoms with Gasteiger partial charge in [-0.25, -0.2) is 0 Å². The number of amides is 2. The predicted molar refractivity (Wildman–Crippen MR) is 69.5 cm³/mol. The van der Waals surface area contributed by atoms with Crippen molar-refractivity contribution < 1.29 is 9.59 Å². The molecule has 1 unspecified atom stereocenters. The van der Waals surface area contributed by atoms with E-state index in [0.29, 0.717) is 13.1 Å². The Morgan fingerprint density at radius 2 is 1.82 bits per heavy atom. The molecule has 0 saturated heterocycles. The van der Waals surface area contributed by atoms with Crippen molar-refractivity contribution in [2.24, 2.45) is 5.92 Å². The molecule has 0 aromatic heterocycles. The van der Waals surface area contributed by atoms with Gasteiger partial charge in [0.1, 0.15) is 6.04 Å². The average molecular weight is 240 g/mol. The summed E-state index contributed by atoms with van der Waals surface area (Å²) in [6.45, 7) is 14.1. The molecule has 0 heterocycles. The van der Waals surface area contributed by atoms with E-state index in [4.69, 9.17) is 0 Å². The quantitative estimate of drug-likeness (QED) is 0.716.